The molecule has 3 atom stereocenters. The van der Waals surface area contributed by atoms with E-state index < -0.39 is 45.1 Å². The summed E-state index contributed by atoms with van der Waals surface area (Å²) >= 11 is 0. The first-order chi connectivity index (χ1) is 29.2. The van der Waals surface area contributed by atoms with Gasteiger partial charge in [0.05, 0.1) is 19.8 Å². The molecule has 0 amide bonds. The van der Waals surface area contributed by atoms with Crippen LogP contribution in [0.4, 0.5) is 0 Å². The van der Waals surface area contributed by atoms with E-state index in [2.05, 4.69) is 50.3 Å². The van der Waals surface area contributed by atoms with Gasteiger partial charge >= 0.3 is 19.8 Å². The van der Waals surface area contributed by atoms with Crippen LogP contribution in [0.5, 0.6) is 0 Å². The van der Waals surface area contributed by atoms with Gasteiger partial charge in [0.2, 0.25) is 0 Å². The molecule has 4 N–H and O–H groups in total. The number of phosphoric ester groups is 1. The third-order valence-electron chi connectivity index (χ3n) is 10.6. The molecule has 0 spiro atoms. The van der Waals surface area contributed by atoms with E-state index in [9.17, 15) is 19.0 Å². The van der Waals surface area contributed by atoms with Crippen molar-refractivity contribution >= 4 is 19.8 Å². The van der Waals surface area contributed by atoms with E-state index in [0.29, 0.717) is 13.0 Å². The number of rotatable bonds is 47. The molecular formula is C49H92NO9P. The van der Waals surface area contributed by atoms with Crippen molar-refractivity contribution in [2.75, 3.05) is 26.4 Å². The zero-order valence-electron chi connectivity index (χ0n) is 38.6. The molecule has 11 heteroatoms. The highest BCUT2D eigenvalue weighted by Gasteiger charge is 2.27. The fourth-order valence-corrected chi connectivity index (χ4v) is 7.58. The predicted octanol–water partition coefficient (Wildman–Crippen LogP) is 14.0. The van der Waals surface area contributed by atoms with Gasteiger partial charge < -0.3 is 25.2 Å². The van der Waals surface area contributed by atoms with E-state index in [-0.39, 0.29) is 13.0 Å². The van der Waals surface area contributed by atoms with Crippen LogP contribution in [0.15, 0.2) is 36.5 Å². The Balaban J connectivity index is 4.18. The van der Waals surface area contributed by atoms with Gasteiger partial charge in [-0.05, 0) is 70.6 Å². The first-order valence-corrected chi connectivity index (χ1v) is 26.0. The normalized spacial score (nSPS) is 14.1. The van der Waals surface area contributed by atoms with E-state index in [1.165, 1.54) is 141 Å². The minimum atomic E-state index is -4.62. The van der Waals surface area contributed by atoms with Gasteiger partial charge in [-0.2, -0.15) is 0 Å². The molecule has 0 bridgehead atoms. The Morgan fingerprint density at radius 3 is 1.37 bits per heavy atom. The molecule has 0 aliphatic rings. The Morgan fingerprint density at radius 2 is 0.917 bits per heavy atom. The Morgan fingerprint density at radius 1 is 0.533 bits per heavy atom. The summed E-state index contributed by atoms with van der Waals surface area (Å²) in [5, 5.41) is 8.92. The number of carboxylic acid groups (broad SMARTS) is 1. The molecule has 10 nitrogen and oxygen atoms in total. The first kappa shape index (κ1) is 58.2. The number of nitrogens with two attached hydrogens (primary N) is 1. The number of carbonyl (C=O) groups is 2. The maximum Gasteiger partial charge on any atom is 0.472 e. The molecule has 0 aliphatic carbocycles. The van der Waals surface area contributed by atoms with Crippen molar-refractivity contribution in [1.82, 2.24) is 0 Å². The van der Waals surface area contributed by atoms with Crippen LogP contribution < -0.4 is 5.73 Å². The Labute approximate surface area is 367 Å². The van der Waals surface area contributed by atoms with Gasteiger partial charge in [0.25, 0.3) is 0 Å². The first-order valence-electron chi connectivity index (χ1n) is 24.5. The van der Waals surface area contributed by atoms with Crippen LogP contribution in [0.2, 0.25) is 0 Å². The summed E-state index contributed by atoms with van der Waals surface area (Å²) in [7, 11) is -4.62. The van der Waals surface area contributed by atoms with Crippen molar-refractivity contribution in [3.63, 3.8) is 0 Å². The summed E-state index contributed by atoms with van der Waals surface area (Å²) in [5.74, 6) is -1.78. The molecule has 352 valence electrons. The minimum Gasteiger partial charge on any atom is -0.480 e. The molecule has 3 unspecified atom stereocenters. The lowest BCUT2D eigenvalue weighted by atomic mass is 10.1. The standard InChI is InChI=1S/C49H92NO9P/c1-3-5-7-9-11-13-15-17-19-21-22-23-24-25-27-29-31-33-35-37-39-41-48(51)59-46(44-57-60(54,55)58-45-47(50)49(52)53)43-56-42-40-38-36-34-32-30-28-26-20-18-16-14-12-10-8-6-4-2/h15,17,20-22,26,46-47H,3-14,16,18-19,23-25,27-45,50H2,1-2H3,(H,52,53)(H,54,55)/b17-15-,22-21-,26-20-. The highest BCUT2D eigenvalue weighted by atomic mass is 31.2. The predicted molar refractivity (Wildman–Crippen MR) is 249 cm³/mol. The summed E-state index contributed by atoms with van der Waals surface area (Å²) in [6.07, 6.45) is 51.9. The van der Waals surface area contributed by atoms with Crippen LogP contribution in [-0.2, 0) is 32.7 Å². The van der Waals surface area contributed by atoms with Gasteiger partial charge in [0.1, 0.15) is 12.1 Å². The van der Waals surface area contributed by atoms with Crippen molar-refractivity contribution < 1.29 is 42.7 Å². The topological polar surface area (TPSA) is 155 Å². The van der Waals surface area contributed by atoms with Gasteiger partial charge in [0.15, 0.2) is 0 Å². The second kappa shape index (κ2) is 45.2. The van der Waals surface area contributed by atoms with Crippen molar-refractivity contribution in [3.05, 3.63) is 36.5 Å². The van der Waals surface area contributed by atoms with Crippen molar-refractivity contribution in [2.45, 2.75) is 238 Å². The summed E-state index contributed by atoms with van der Waals surface area (Å²) in [5.41, 5.74) is 5.37. The average Bonchev–Trinajstić information content (AvgIpc) is 3.23. The van der Waals surface area contributed by atoms with Gasteiger partial charge in [0, 0.05) is 13.0 Å². The quantitative estimate of drug-likeness (QED) is 0.0233. The van der Waals surface area contributed by atoms with Crippen LogP contribution in [0.25, 0.3) is 0 Å². The van der Waals surface area contributed by atoms with Crippen LogP contribution >= 0.6 is 7.82 Å². The monoisotopic (exact) mass is 870 g/mol. The molecule has 0 saturated heterocycles. The number of carboxylic acids is 1. The molecule has 0 saturated carbocycles. The molecule has 0 aliphatic heterocycles. The number of phosphoric acid groups is 1. The minimum absolute atomic E-state index is 0.0124. The van der Waals surface area contributed by atoms with Gasteiger partial charge in [-0.3, -0.25) is 18.6 Å². The van der Waals surface area contributed by atoms with Crippen LogP contribution in [0.1, 0.15) is 226 Å². The number of hydrogen-bond acceptors (Lipinski definition) is 8. The van der Waals surface area contributed by atoms with E-state index in [0.717, 1.165) is 57.8 Å². The van der Waals surface area contributed by atoms with E-state index >= 15 is 0 Å². The molecule has 0 aromatic heterocycles. The van der Waals surface area contributed by atoms with Gasteiger partial charge in [-0.15, -0.1) is 0 Å². The molecular weight excluding hydrogens is 778 g/mol. The Hall–Kier alpha value is -1.81. The molecule has 0 heterocycles. The molecule has 0 aromatic carbocycles. The zero-order chi connectivity index (χ0) is 44.0. The lowest BCUT2D eigenvalue weighted by Gasteiger charge is -2.20. The number of unbranched alkanes of at least 4 members (excludes halogenated alkanes) is 27. The van der Waals surface area contributed by atoms with E-state index in [4.69, 9.17) is 29.4 Å². The third-order valence-corrected chi connectivity index (χ3v) is 11.6. The third kappa shape index (κ3) is 44.3. The highest BCUT2D eigenvalue weighted by molar-refractivity contribution is 7.47. The van der Waals surface area contributed by atoms with Gasteiger partial charge in [-0.25, -0.2) is 4.57 Å². The van der Waals surface area contributed by atoms with Crippen LogP contribution in [-0.4, -0.2) is 60.5 Å². The largest absolute Gasteiger partial charge is 0.480 e. The number of hydrogen-bond donors (Lipinski definition) is 3. The SMILES string of the molecule is CCCCCCC/C=C\C/C=C\CCCCCCCCCCCC(=O)OC(COCCCCCCCC/C=C\CCCCCCCCC)COP(=O)(O)OCC(N)C(=O)O. The molecule has 60 heavy (non-hydrogen) atoms. The van der Waals surface area contributed by atoms with Crippen molar-refractivity contribution in [1.29, 1.82) is 0 Å². The lowest BCUT2D eigenvalue weighted by Crippen LogP contribution is -2.34. The molecule has 0 aromatic rings. The Bertz CT molecular complexity index is 1100. The lowest BCUT2D eigenvalue weighted by molar-refractivity contribution is -0.154. The number of allylic oxidation sites excluding steroid dienone is 6. The molecule has 0 fully saturated rings. The second-order valence-corrected chi connectivity index (χ2v) is 18.0. The maximum atomic E-state index is 12.7. The van der Waals surface area contributed by atoms with Crippen LogP contribution in [0, 0.1) is 0 Å². The number of aliphatic carboxylic acids is 1. The number of esters is 1. The summed E-state index contributed by atoms with van der Waals surface area (Å²) in [4.78, 5) is 33.6. The fourth-order valence-electron chi connectivity index (χ4n) is 6.81. The second-order valence-electron chi connectivity index (χ2n) is 16.6. The summed E-state index contributed by atoms with van der Waals surface area (Å²) < 4.78 is 33.5. The van der Waals surface area contributed by atoms with E-state index in [1.54, 1.807) is 0 Å². The van der Waals surface area contributed by atoms with Crippen LogP contribution in [0.3, 0.4) is 0 Å². The zero-order valence-corrected chi connectivity index (χ0v) is 39.5. The smallest absolute Gasteiger partial charge is 0.472 e. The fraction of sp³-hybridized carbons (Fsp3) is 0.837. The van der Waals surface area contributed by atoms with Crippen molar-refractivity contribution in [2.24, 2.45) is 5.73 Å². The maximum absolute atomic E-state index is 12.7. The average molecular weight is 870 g/mol. The summed E-state index contributed by atoms with van der Waals surface area (Å²) in [6.45, 7) is 3.88. The molecule has 0 rings (SSSR count). The van der Waals surface area contributed by atoms with E-state index in [1.807, 2.05) is 0 Å². The number of carbonyl (C=O) groups excluding carboxylic acids is 1. The van der Waals surface area contributed by atoms with Gasteiger partial charge in [-0.1, -0.05) is 185 Å². The highest BCUT2D eigenvalue weighted by Crippen LogP contribution is 2.43. The Kier molecular flexibility index (Phi) is 43.9. The number of ether oxygens (including phenoxy) is 2. The van der Waals surface area contributed by atoms with Crippen molar-refractivity contribution in [3.8, 4) is 0 Å². The molecule has 0 radical (unpaired) electrons. The summed E-state index contributed by atoms with van der Waals surface area (Å²) in [6, 6.07) is -1.47.